The quantitative estimate of drug-likeness (QED) is 0.720. The number of tetrazole rings is 1. The molecule has 154 valence electrons. The van der Waals surface area contributed by atoms with Crippen LogP contribution in [0.4, 0.5) is 0 Å². The molecule has 1 aliphatic heterocycles. The van der Waals surface area contributed by atoms with Gasteiger partial charge in [0, 0.05) is 31.7 Å². The largest absolute Gasteiger partial charge is 0.497 e. The van der Waals surface area contributed by atoms with Crippen LogP contribution in [-0.4, -0.2) is 77.5 Å². The third-order valence-electron chi connectivity index (χ3n) is 5.81. The van der Waals surface area contributed by atoms with Gasteiger partial charge in [0.15, 0.2) is 5.82 Å². The summed E-state index contributed by atoms with van der Waals surface area (Å²) in [5, 5.41) is 12.9. The van der Waals surface area contributed by atoms with Crippen molar-refractivity contribution in [3.63, 3.8) is 0 Å². The molecule has 1 atom stereocenters. The van der Waals surface area contributed by atoms with E-state index in [2.05, 4.69) is 53.1 Å². The fourth-order valence-electron chi connectivity index (χ4n) is 3.58. The minimum absolute atomic E-state index is 0.112. The number of likely N-dealkylation sites (N-methyl/N-ethyl adjacent to an activating group) is 1. The molecule has 8 heteroatoms. The van der Waals surface area contributed by atoms with Crippen molar-refractivity contribution in [3.8, 4) is 11.5 Å². The second-order valence-corrected chi connectivity index (χ2v) is 7.96. The highest BCUT2D eigenvalue weighted by molar-refractivity contribution is 5.44. The Kier molecular flexibility index (Phi) is 6.20. The Balaban J connectivity index is 2.14. The highest BCUT2D eigenvalue weighted by Gasteiger charge is 2.35. The van der Waals surface area contributed by atoms with Crippen LogP contribution in [0.1, 0.15) is 44.6 Å². The zero-order valence-electron chi connectivity index (χ0n) is 17.8. The summed E-state index contributed by atoms with van der Waals surface area (Å²) in [5.74, 6) is 2.44. The SMILES string of the molecule is CCC(C)(C)n1nnnc1[C@@H](c1cc(OC)ccc1OC)N1CCN(C)CC1. The van der Waals surface area contributed by atoms with Crippen molar-refractivity contribution in [1.82, 2.24) is 30.0 Å². The summed E-state index contributed by atoms with van der Waals surface area (Å²) in [5.41, 5.74) is 0.838. The summed E-state index contributed by atoms with van der Waals surface area (Å²) in [6.45, 7) is 10.3. The Morgan fingerprint density at radius 3 is 2.43 bits per heavy atom. The van der Waals surface area contributed by atoms with Gasteiger partial charge in [-0.05, 0) is 55.9 Å². The van der Waals surface area contributed by atoms with Crippen LogP contribution in [0.25, 0.3) is 0 Å². The first-order valence-corrected chi connectivity index (χ1v) is 9.84. The summed E-state index contributed by atoms with van der Waals surface area (Å²) in [6, 6.07) is 5.80. The number of rotatable bonds is 7. The van der Waals surface area contributed by atoms with Crippen molar-refractivity contribution >= 4 is 0 Å². The van der Waals surface area contributed by atoms with Gasteiger partial charge in [-0.15, -0.1) is 5.10 Å². The third-order valence-corrected chi connectivity index (χ3v) is 5.81. The molecule has 0 spiro atoms. The van der Waals surface area contributed by atoms with E-state index in [-0.39, 0.29) is 11.6 Å². The number of aromatic nitrogens is 4. The second-order valence-electron chi connectivity index (χ2n) is 7.96. The Bertz CT molecular complexity index is 783. The van der Waals surface area contributed by atoms with Gasteiger partial charge in [0.05, 0.1) is 19.8 Å². The van der Waals surface area contributed by atoms with Gasteiger partial charge in [-0.1, -0.05) is 6.92 Å². The van der Waals surface area contributed by atoms with Gasteiger partial charge < -0.3 is 14.4 Å². The summed E-state index contributed by atoms with van der Waals surface area (Å²) < 4.78 is 13.2. The molecule has 1 saturated heterocycles. The van der Waals surface area contributed by atoms with Crippen LogP contribution in [0, 0.1) is 0 Å². The first kappa shape index (κ1) is 20.5. The second kappa shape index (κ2) is 8.45. The number of hydrogen-bond acceptors (Lipinski definition) is 7. The average molecular weight is 389 g/mol. The smallest absolute Gasteiger partial charge is 0.173 e. The molecular formula is C20H32N6O2. The van der Waals surface area contributed by atoms with Crippen LogP contribution >= 0.6 is 0 Å². The van der Waals surface area contributed by atoms with Gasteiger partial charge in [0.2, 0.25) is 0 Å². The van der Waals surface area contributed by atoms with Crippen LogP contribution in [0.3, 0.4) is 0 Å². The highest BCUT2D eigenvalue weighted by Crippen LogP contribution is 2.38. The third kappa shape index (κ3) is 3.98. The van der Waals surface area contributed by atoms with Crippen LogP contribution in [0.2, 0.25) is 0 Å². The molecule has 2 heterocycles. The first-order valence-electron chi connectivity index (χ1n) is 9.84. The summed E-state index contributed by atoms with van der Waals surface area (Å²) in [4.78, 5) is 4.78. The molecule has 3 rings (SSSR count). The van der Waals surface area contributed by atoms with Gasteiger partial charge in [-0.25, -0.2) is 4.68 Å². The maximum Gasteiger partial charge on any atom is 0.173 e. The zero-order chi connectivity index (χ0) is 20.3. The van der Waals surface area contributed by atoms with Gasteiger partial charge in [-0.2, -0.15) is 0 Å². The molecule has 0 amide bonds. The van der Waals surface area contributed by atoms with Gasteiger partial charge in [0.25, 0.3) is 0 Å². The molecule has 2 aromatic rings. The molecule has 0 N–H and O–H groups in total. The van der Waals surface area contributed by atoms with E-state index in [0.29, 0.717) is 0 Å². The van der Waals surface area contributed by atoms with E-state index >= 15 is 0 Å². The number of ether oxygens (including phenoxy) is 2. The molecule has 1 fully saturated rings. The predicted molar refractivity (Wildman–Crippen MR) is 108 cm³/mol. The maximum absolute atomic E-state index is 5.72. The summed E-state index contributed by atoms with van der Waals surface area (Å²) >= 11 is 0. The molecule has 0 radical (unpaired) electrons. The number of hydrogen-bond donors (Lipinski definition) is 0. The van der Waals surface area contributed by atoms with Crippen molar-refractivity contribution in [2.24, 2.45) is 0 Å². The monoisotopic (exact) mass is 388 g/mol. The van der Waals surface area contributed by atoms with Crippen molar-refractivity contribution in [3.05, 3.63) is 29.6 Å². The molecule has 1 aromatic carbocycles. The molecule has 0 aliphatic carbocycles. The molecule has 8 nitrogen and oxygen atoms in total. The van der Waals surface area contributed by atoms with Crippen molar-refractivity contribution in [2.45, 2.75) is 38.8 Å². The fourth-order valence-corrected chi connectivity index (χ4v) is 3.58. The highest BCUT2D eigenvalue weighted by atomic mass is 16.5. The Labute approximate surface area is 167 Å². The van der Waals surface area contributed by atoms with Crippen LogP contribution in [0.15, 0.2) is 18.2 Å². The van der Waals surface area contributed by atoms with Crippen LogP contribution in [0.5, 0.6) is 11.5 Å². The molecule has 0 unspecified atom stereocenters. The molecule has 1 aromatic heterocycles. The van der Waals surface area contributed by atoms with E-state index in [1.807, 2.05) is 22.9 Å². The summed E-state index contributed by atoms with van der Waals surface area (Å²) in [6.07, 6.45) is 0.926. The molecule has 1 aliphatic rings. The lowest BCUT2D eigenvalue weighted by Crippen LogP contribution is -2.47. The van der Waals surface area contributed by atoms with E-state index in [1.165, 1.54) is 0 Å². The van der Waals surface area contributed by atoms with E-state index < -0.39 is 0 Å². The first-order chi connectivity index (χ1) is 13.4. The minimum Gasteiger partial charge on any atom is -0.497 e. The predicted octanol–water partition coefficient (Wildman–Crippen LogP) is 2.17. The standard InChI is InChI=1S/C20H32N6O2/c1-7-20(2,3)26-19(21-22-23-26)18(25-12-10-24(4)11-13-25)16-14-15(27-5)8-9-17(16)28-6/h8-9,14,18H,7,10-13H2,1-6H3/t18-/m1/s1. The Hall–Kier alpha value is -2.19. The summed E-state index contributed by atoms with van der Waals surface area (Å²) in [7, 11) is 5.54. The van der Waals surface area contributed by atoms with Crippen molar-refractivity contribution < 1.29 is 9.47 Å². The molecule has 0 saturated carbocycles. The topological polar surface area (TPSA) is 68.5 Å². The van der Waals surface area contributed by atoms with Crippen LogP contribution < -0.4 is 9.47 Å². The number of nitrogens with zero attached hydrogens (tertiary/aromatic N) is 6. The molecular weight excluding hydrogens is 356 g/mol. The maximum atomic E-state index is 5.72. The van der Waals surface area contributed by atoms with E-state index in [0.717, 1.165) is 55.5 Å². The molecule has 0 bridgehead atoms. The minimum atomic E-state index is -0.185. The van der Waals surface area contributed by atoms with Gasteiger partial charge in [0.1, 0.15) is 17.5 Å². The zero-order valence-corrected chi connectivity index (χ0v) is 17.8. The lowest BCUT2D eigenvalue weighted by atomic mass is 9.98. The van der Waals surface area contributed by atoms with Gasteiger partial charge in [-0.3, -0.25) is 4.90 Å². The number of piperazine rings is 1. The van der Waals surface area contributed by atoms with Crippen molar-refractivity contribution in [1.29, 1.82) is 0 Å². The van der Waals surface area contributed by atoms with Crippen molar-refractivity contribution in [2.75, 3.05) is 47.4 Å². The Morgan fingerprint density at radius 1 is 1.11 bits per heavy atom. The fraction of sp³-hybridized carbons (Fsp3) is 0.650. The van der Waals surface area contributed by atoms with Crippen LogP contribution in [-0.2, 0) is 5.54 Å². The normalized spacial score (nSPS) is 17.5. The average Bonchev–Trinajstić information content (AvgIpc) is 3.20. The van der Waals surface area contributed by atoms with Gasteiger partial charge >= 0.3 is 0 Å². The lowest BCUT2D eigenvalue weighted by molar-refractivity contribution is 0.116. The van der Waals surface area contributed by atoms with E-state index in [1.54, 1.807) is 14.2 Å². The lowest BCUT2D eigenvalue weighted by Gasteiger charge is -2.39. The van der Waals surface area contributed by atoms with E-state index in [9.17, 15) is 0 Å². The Morgan fingerprint density at radius 2 is 1.82 bits per heavy atom. The molecule has 28 heavy (non-hydrogen) atoms. The number of methoxy groups -OCH3 is 2. The number of benzene rings is 1. The van der Waals surface area contributed by atoms with E-state index in [4.69, 9.17) is 9.47 Å².